The molecule has 2 aromatic rings. The van der Waals surface area contributed by atoms with Gasteiger partial charge in [0.15, 0.2) is 6.23 Å². The van der Waals surface area contributed by atoms with E-state index >= 15 is 0 Å². The van der Waals surface area contributed by atoms with Gasteiger partial charge >= 0.3 is 6.18 Å². The number of nitrogens with one attached hydrogen (secondary N) is 1. The molecule has 0 amide bonds. The van der Waals surface area contributed by atoms with Crippen molar-refractivity contribution >= 4 is 27.4 Å². The second kappa shape index (κ2) is 9.43. The summed E-state index contributed by atoms with van der Waals surface area (Å²) in [6, 6.07) is 6.01. The third-order valence-electron chi connectivity index (χ3n) is 4.34. The van der Waals surface area contributed by atoms with Crippen LogP contribution < -0.4 is 11.1 Å². The minimum Gasteiger partial charge on any atom is -0.398 e. The standard InChI is InChI=1S/C20H25F3N4O4S/c1-19(2,29)13-10-14(24)12(11-25-7-8-32(3,30)31)9-16(13)27-18(28)15-5-4-6-17(26-15)20(21,22)23/h4-6,9-11,18,27-29H,7-8,24H2,1-3H3. The van der Waals surface area contributed by atoms with Gasteiger partial charge in [0.05, 0.1) is 23.6 Å². The number of nitrogens with zero attached hydrogens (tertiary/aromatic N) is 2. The van der Waals surface area contributed by atoms with Gasteiger partial charge in [0, 0.05) is 35.0 Å². The Kier molecular flexibility index (Phi) is 7.53. The molecule has 1 heterocycles. The molecule has 176 valence electrons. The van der Waals surface area contributed by atoms with Crippen LogP contribution >= 0.6 is 0 Å². The van der Waals surface area contributed by atoms with E-state index in [0.717, 1.165) is 18.4 Å². The molecule has 0 saturated heterocycles. The van der Waals surface area contributed by atoms with Crippen LogP contribution in [-0.2, 0) is 21.6 Å². The van der Waals surface area contributed by atoms with E-state index in [2.05, 4.69) is 15.3 Å². The van der Waals surface area contributed by atoms with Crippen LogP contribution in [0.2, 0.25) is 0 Å². The maximum atomic E-state index is 12.9. The molecule has 0 bridgehead atoms. The number of aliphatic hydroxyl groups excluding tert-OH is 1. The zero-order valence-electron chi connectivity index (χ0n) is 17.7. The highest BCUT2D eigenvalue weighted by atomic mass is 32.2. The number of benzene rings is 1. The van der Waals surface area contributed by atoms with Crippen LogP contribution in [0, 0.1) is 0 Å². The first-order valence-corrected chi connectivity index (χ1v) is 11.5. The first kappa shape index (κ1) is 25.6. The van der Waals surface area contributed by atoms with Crippen LogP contribution in [0.25, 0.3) is 0 Å². The summed E-state index contributed by atoms with van der Waals surface area (Å²) in [7, 11) is -3.19. The largest absolute Gasteiger partial charge is 0.433 e. The molecule has 12 heteroatoms. The van der Waals surface area contributed by atoms with Gasteiger partial charge in [-0.25, -0.2) is 13.4 Å². The number of aromatic nitrogens is 1. The number of halogens is 3. The summed E-state index contributed by atoms with van der Waals surface area (Å²) in [6.07, 6.45) is -3.88. The number of nitrogen functional groups attached to an aromatic ring is 1. The minimum atomic E-state index is -4.68. The zero-order valence-corrected chi connectivity index (χ0v) is 18.5. The van der Waals surface area contributed by atoms with Crippen molar-refractivity contribution in [1.29, 1.82) is 0 Å². The molecule has 5 N–H and O–H groups in total. The molecule has 2 rings (SSSR count). The first-order valence-electron chi connectivity index (χ1n) is 9.40. The van der Waals surface area contributed by atoms with Crippen molar-refractivity contribution in [1.82, 2.24) is 4.98 Å². The zero-order chi connectivity index (χ0) is 24.3. The smallest absolute Gasteiger partial charge is 0.398 e. The third-order valence-corrected chi connectivity index (χ3v) is 5.26. The summed E-state index contributed by atoms with van der Waals surface area (Å²) >= 11 is 0. The van der Waals surface area contributed by atoms with E-state index < -0.39 is 33.5 Å². The molecule has 32 heavy (non-hydrogen) atoms. The molecule has 0 saturated carbocycles. The van der Waals surface area contributed by atoms with E-state index in [-0.39, 0.29) is 34.9 Å². The number of rotatable bonds is 8. The Bertz CT molecular complexity index is 1100. The number of sulfone groups is 1. The number of aliphatic hydroxyl groups is 2. The Morgan fingerprint density at radius 2 is 1.94 bits per heavy atom. The molecule has 0 aliphatic heterocycles. The predicted molar refractivity (Wildman–Crippen MR) is 116 cm³/mol. The lowest BCUT2D eigenvalue weighted by atomic mass is 9.94. The molecule has 0 aliphatic carbocycles. The van der Waals surface area contributed by atoms with Crippen LogP contribution in [0.4, 0.5) is 24.5 Å². The van der Waals surface area contributed by atoms with Gasteiger partial charge in [-0.2, -0.15) is 13.2 Å². The summed E-state index contributed by atoms with van der Waals surface area (Å²) in [5.41, 5.74) is 4.21. The molecular weight excluding hydrogens is 449 g/mol. The van der Waals surface area contributed by atoms with Crippen molar-refractivity contribution < 1.29 is 31.8 Å². The monoisotopic (exact) mass is 474 g/mol. The van der Waals surface area contributed by atoms with E-state index in [9.17, 15) is 31.8 Å². The fraction of sp³-hybridized carbons (Fsp3) is 0.400. The lowest BCUT2D eigenvalue weighted by Gasteiger charge is -2.25. The topological polar surface area (TPSA) is 138 Å². The molecule has 0 aliphatic rings. The summed E-state index contributed by atoms with van der Waals surface area (Å²) in [5, 5.41) is 23.6. The maximum Gasteiger partial charge on any atom is 0.433 e. The maximum absolute atomic E-state index is 12.9. The highest BCUT2D eigenvalue weighted by Crippen LogP contribution is 2.34. The van der Waals surface area contributed by atoms with Gasteiger partial charge in [-0.15, -0.1) is 0 Å². The highest BCUT2D eigenvalue weighted by Gasteiger charge is 2.33. The van der Waals surface area contributed by atoms with E-state index in [1.165, 1.54) is 38.3 Å². The Hall–Kier alpha value is -2.70. The van der Waals surface area contributed by atoms with E-state index in [0.29, 0.717) is 5.56 Å². The number of hydrogen-bond donors (Lipinski definition) is 4. The second-order valence-electron chi connectivity index (χ2n) is 7.74. The predicted octanol–water partition coefficient (Wildman–Crippen LogP) is 2.48. The number of alkyl halides is 3. The molecule has 8 nitrogen and oxygen atoms in total. The van der Waals surface area contributed by atoms with Gasteiger partial charge < -0.3 is 21.3 Å². The van der Waals surface area contributed by atoms with Crippen LogP contribution in [0.15, 0.2) is 35.3 Å². The van der Waals surface area contributed by atoms with Crippen LogP contribution in [-0.4, -0.2) is 48.4 Å². The van der Waals surface area contributed by atoms with E-state index in [1.54, 1.807) is 0 Å². The van der Waals surface area contributed by atoms with Crippen molar-refractivity contribution in [2.45, 2.75) is 31.9 Å². The Labute approximate surface area is 183 Å². The SMILES string of the molecule is CC(C)(O)c1cc(N)c(C=NCCS(C)(=O)=O)cc1NC(O)c1cccc(C(F)(F)F)n1. The van der Waals surface area contributed by atoms with Crippen molar-refractivity contribution in [3.05, 3.63) is 52.8 Å². The fourth-order valence-corrected chi connectivity index (χ4v) is 3.17. The lowest BCUT2D eigenvalue weighted by molar-refractivity contribution is -0.141. The quantitative estimate of drug-likeness (QED) is 0.262. The molecule has 0 fully saturated rings. The summed E-state index contributed by atoms with van der Waals surface area (Å²) in [4.78, 5) is 7.47. The van der Waals surface area contributed by atoms with E-state index in [1.807, 2.05) is 0 Å². The highest BCUT2D eigenvalue weighted by molar-refractivity contribution is 7.90. The van der Waals surface area contributed by atoms with Crippen molar-refractivity contribution in [2.24, 2.45) is 4.99 Å². The number of pyridine rings is 1. The average molecular weight is 475 g/mol. The van der Waals surface area contributed by atoms with Gasteiger partial charge in [-0.05, 0) is 38.1 Å². The summed E-state index contributed by atoms with van der Waals surface area (Å²) in [6.45, 7) is 2.95. The third kappa shape index (κ3) is 7.18. The minimum absolute atomic E-state index is 0.00502. The van der Waals surface area contributed by atoms with Gasteiger partial charge in [-0.1, -0.05) is 6.07 Å². The van der Waals surface area contributed by atoms with Crippen LogP contribution in [0.5, 0.6) is 0 Å². The number of aliphatic imine (C=N–C) groups is 1. The molecule has 0 radical (unpaired) electrons. The van der Waals surface area contributed by atoms with Crippen molar-refractivity contribution in [3.63, 3.8) is 0 Å². The molecule has 1 aromatic heterocycles. The second-order valence-corrected chi connectivity index (χ2v) is 10.0. The number of anilines is 2. The number of nitrogens with two attached hydrogens (primary N) is 1. The summed E-state index contributed by atoms with van der Waals surface area (Å²) < 4.78 is 61.2. The Morgan fingerprint density at radius 1 is 1.28 bits per heavy atom. The van der Waals surface area contributed by atoms with Gasteiger partial charge in [-0.3, -0.25) is 4.99 Å². The lowest BCUT2D eigenvalue weighted by Crippen LogP contribution is -2.22. The van der Waals surface area contributed by atoms with Gasteiger partial charge in [0.2, 0.25) is 0 Å². The van der Waals surface area contributed by atoms with Gasteiger partial charge in [0.1, 0.15) is 15.5 Å². The Balaban J connectivity index is 2.39. The first-order chi connectivity index (χ1) is 14.6. The molecule has 1 aromatic carbocycles. The fourth-order valence-electron chi connectivity index (χ4n) is 2.73. The van der Waals surface area contributed by atoms with Crippen LogP contribution in [0.1, 0.15) is 42.6 Å². The van der Waals surface area contributed by atoms with Crippen molar-refractivity contribution in [2.75, 3.05) is 29.6 Å². The molecule has 0 spiro atoms. The van der Waals surface area contributed by atoms with Crippen LogP contribution in [0.3, 0.4) is 0 Å². The molecular formula is C20H25F3N4O4S. The average Bonchev–Trinajstić information content (AvgIpc) is 2.65. The molecule has 1 unspecified atom stereocenters. The normalized spacial score (nSPS) is 14.0. The Morgan fingerprint density at radius 3 is 2.50 bits per heavy atom. The number of hydrogen-bond acceptors (Lipinski definition) is 8. The van der Waals surface area contributed by atoms with Gasteiger partial charge in [0.25, 0.3) is 0 Å². The van der Waals surface area contributed by atoms with E-state index in [4.69, 9.17) is 5.73 Å². The summed E-state index contributed by atoms with van der Waals surface area (Å²) in [5.74, 6) is -0.157. The van der Waals surface area contributed by atoms with Crippen molar-refractivity contribution in [3.8, 4) is 0 Å². The molecule has 1 atom stereocenters.